The van der Waals surface area contributed by atoms with Crippen LogP contribution in [0.4, 0.5) is 0 Å². The van der Waals surface area contributed by atoms with Crippen molar-refractivity contribution in [2.45, 2.75) is 31.3 Å². The van der Waals surface area contributed by atoms with E-state index in [1.54, 1.807) is 37.3 Å². The molecule has 0 saturated carbocycles. The number of furan rings is 1. The summed E-state index contributed by atoms with van der Waals surface area (Å²) in [5.74, 6) is 1.44. The molecule has 0 aliphatic heterocycles. The lowest BCUT2D eigenvalue weighted by atomic mass is 10.3. The summed E-state index contributed by atoms with van der Waals surface area (Å²) in [5.41, 5.74) is 0.758. The third kappa shape index (κ3) is 4.12. The van der Waals surface area contributed by atoms with Crippen LogP contribution in [0.25, 0.3) is 11.5 Å². The molecule has 108 valence electrons. The Bertz CT molecular complexity index is 538. The van der Waals surface area contributed by atoms with Crippen LogP contribution in [0.3, 0.4) is 0 Å². The number of carbonyl (C=O) groups is 1. The van der Waals surface area contributed by atoms with E-state index in [0.717, 1.165) is 5.56 Å². The highest BCUT2D eigenvalue weighted by molar-refractivity contribution is 7.99. The number of nitrogens with zero attached hydrogens (tertiary/aromatic N) is 2. The number of esters is 1. The molecule has 2 aromatic rings. The molecule has 2 aromatic heterocycles. The van der Waals surface area contributed by atoms with Gasteiger partial charge in [0, 0.05) is 5.25 Å². The summed E-state index contributed by atoms with van der Waals surface area (Å²) >= 11 is 1.58. The Kier molecular flexibility index (Phi) is 5.23. The first-order valence-electron chi connectivity index (χ1n) is 6.31. The summed E-state index contributed by atoms with van der Waals surface area (Å²) in [4.78, 5) is 15.6. The molecule has 2 heterocycles. The zero-order valence-corrected chi connectivity index (χ0v) is 12.2. The fourth-order valence-electron chi connectivity index (χ4n) is 1.55. The van der Waals surface area contributed by atoms with Gasteiger partial charge in [0.15, 0.2) is 5.82 Å². The molecule has 0 aliphatic rings. The van der Waals surface area contributed by atoms with E-state index >= 15 is 0 Å². The van der Waals surface area contributed by atoms with Crippen molar-refractivity contribution in [3.05, 3.63) is 24.4 Å². The van der Waals surface area contributed by atoms with Gasteiger partial charge in [-0.25, -0.2) is 0 Å². The van der Waals surface area contributed by atoms with Crippen molar-refractivity contribution in [3.63, 3.8) is 0 Å². The Morgan fingerprint density at radius 2 is 2.40 bits per heavy atom. The summed E-state index contributed by atoms with van der Waals surface area (Å²) < 4.78 is 15.0. The molecule has 0 aromatic carbocycles. The van der Waals surface area contributed by atoms with Gasteiger partial charge in [0.1, 0.15) is 6.26 Å². The third-order valence-corrected chi connectivity index (χ3v) is 3.65. The highest BCUT2D eigenvalue weighted by atomic mass is 32.2. The van der Waals surface area contributed by atoms with Crippen LogP contribution in [0.1, 0.15) is 26.1 Å². The SMILES string of the molecule is CCOC(=O)CC(C)SCc1noc(-c2ccoc2)n1. The predicted molar refractivity (Wildman–Crippen MR) is 74.0 cm³/mol. The molecule has 0 saturated heterocycles. The van der Waals surface area contributed by atoms with Gasteiger partial charge in [-0.2, -0.15) is 4.98 Å². The van der Waals surface area contributed by atoms with Crippen LogP contribution in [0.2, 0.25) is 0 Å². The lowest BCUT2D eigenvalue weighted by Gasteiger charge is -2.08. The zero-order chi connectivity index (χ0) is 14.4. The average molecular weight is 296 g/mol. The van der Waals surface area contributed by atoms with E-state index < -0.39 is 0 Å². The fourth-order valence-corrected chi connectivity index (χ4v) is 2.35. The van der Waals surface area contributed by atoms with Crippen LogP contribution in [0.5, 0.6) is 0 Å². The number of aromatic nitrogens is 2. The first kappa shape index (κ1) is 14.6. The summed E-state index contributed by atoms with van der Waals surface area (Å²) in [6, 6.07) is 1.76. The van der Waals surface area contributed by atoms with Crippen LogP contribution in [0, 0.1) is 0 Å². The van der Waals surface area contributed by atoms with E-state index in [0.29, 0.717) is 30.5 Å². The van der Waals surface area contributed by atoms with Gasteiger partial charge in [0.05, 0.1) is 30.6 Å². The van der Waals surface area contributed by atoms with Crippen molar-refractivity contribution >= 4 is 17.7 Å². The first-order chi connectivity index (χ1) is 9.69. The number of rotatable bonds is 7. The highest BCUT2D eigenvalue weighted by Crippen LogP contribution is 2.22. The van der Waals surface area contributed by atoms with Crippen molar-refractivity contribution in [3.8, 4) is 11.5 Å². The zero-order valence-electron chi connectivity index (χ0n) is 11.4. The number of ether oxygens (including phenoxy) is 1. The Labute approximate surface area is 120 Å². The average Bonchev–Trinajstić information content (AvgIpc) is 3.07. The second-order valence-electron chi connectivity index (χ2n) is 4.16. The standard InChI is InChI=1S/C13H16N2O4S/c1-3-18-12(16)6-9(2)20-8-11-14-13(19-15-11)10-4-5-17-7-10/h4-5,7,9H,3,6,8H2,1-2H3. The normalized spacial score (nSPS) is 12.3. The minimum atomic E-state index is -0.181. The molecule has 0 N–H and O–H groups in total. The van der Waals surface area contributed by atoms with Crippen molar-refractivity contribution < 1.29 is 18.5 Å². The second-order valence-corrected chi connectivity index (χ2v) is 5.59. The maximum absolute atomic E-state index is 11.3. The quantitative estimate of drug-likeness (QED) is 0.727. The van der Waals surface area contributed by atoms with Gasteiger partial charge in [-0.05, 0) is 13.0 Å². The molecule has 2 rings (SSSR count). The smallest absolute Gasteiger partial charge is 0.306 e. The van der Waals surface area contributed by atoms with Gasteiger partial charge in [-0.3, -0.25) is 4.79 Å². The number of hydrogen-bond acceptors (Lipinski definition) is 7. The van der Waals surface area contributed by atoms with Crippen LogP contribution < -0.4 is 0 Å². The van der Waals surface area contributed by atoms with Crippen molar-refractivity contribution in [2.75, 3.05) is 6.61 Å². The highest BCUT2D eigenvalue weighted by Gasteiger charge is 2.14. The fraction of sp³-hybridized carbons (Fsp3) is 0.462. The lowest BCUT2D eigenvalue weighted by molar-refractivity contribution is -0.142. The Hall–Kier alpha value is -1.76. The molecule has 0 amide bonds. The predicted octanol–water partition coefficient (Wildman–Crippen LogP) is 2.90. The third-order valence-electron chi connectivity index (χ3n) is 2.49. The molecule has 0 bridgehead atoms. The molecule has 20 heavy (non-hydrogen) atoms. The minimum absolute atomic E-state index is 0.143. The summed E-state index contributed by atoms with van der Waals surface area (Å²) in [5, 5.41) is 4.04. The van der Waals surface area contributed by atoms with E-state index in [9.17, 15) is 4.79 Å². The van der Waals surface area contributed by atoms with Crippen LogP contribution in [-0.4, -0.2) is 28.0 Å². The van der Waals surface area contributed by atoms with Gasteiger partial charge in [0.25, 0.3) is 5.89 Å². The van der Waals surface area contributed by atoms with Gasteiger partial charge in [0.2, 0.25) is 0 Å². The number of thioether (sulfide) groups is 1. The van der Waals surface area contributed by atoms with Crippen LogP contribution in [0.15, 0.2) is 27.5 Å². The Balaban J connectivity index is 1.81. The Morgan fingerprint density at radius 3 is 3.10 bits per heavy atom. The monoisotopic (exact) mass is 296 g/mol. The molecule has 0 spiro atoms. The Morgan fingerprint density at radius 1 is 1.55 bits per heavy atom. The van der Waals surface area contributed by atoms with Crippen LogP contribution in [-0.2, 0) is 15.3 Å². The molecule has 1 unspecified atom stereocenters. The molecule has 7 heteroatoms. The van der Waals surface area contributed by atoms with E-state index in [2.05, 4.69) is 10.1 Å². The topological polar surface area (TPSA) is 78.4 Å². The van der Waals surface area contributed by atoms with Crippen molar-refractivity contribution in [2.24, 2.45) is 0 Å². The largest absolute Gasteiger partial charge is 0.472 e. The second kappa shape index (κ2) is 7.14. The number of hydrogen-bond donors (Lipinski definition) is 0. The lowest BCUT2D eigenvalue weighted by Crippen LogP contribution is -2.10. The van der Waals surface area contributed by atoms with Gasteiger partial charge >= 0.3 is 5.97 Å². The minimum Gasteiger partial charge on any atom is -0.472 e. The molecule has 0 fully saturated rings. The molecule has 0 aliphatic carbocycles. The molecular weight excluding hydrogens is 280 g/mol. The van der Waals surface area contributed by atoms with E-state index in [1.807, 2.05) is 6.92 Å². The molecule has 6 nitrogen and oxygen atoms in total. The van der Waals surface area contributed by atoms with E-state index in [1.165, 1.54) is 0 Å². The molecule has 1 atom stereocenters. The maximum atomic E-state index is 11.3. The van der Waals surface area contributed by atoms with Gasteiger partial charge < -0.3 is 13.7 Å². The first-order valence-corrected chi connectivity index (χ1v) is 7.36. The van der Waals surface area contributed by atoms with Crippen molar-refractivity contribution in [1.82, 2.24) is 10.1 Å². The molecule has 0 radical (unpaired) electrons. The maximum Gasteiger partial charge on any atom is 0.306 e. The summed E-state index contributed by atoms with van der Waals surface area (Å²) in [6.45, 7) is 4.18. The van der Waals surface area contributed by atoms with Gasteiger partial charge in [-0.15, -0.1) is 11.8 Å². The number of carbonyl (C=O) groups excluding carboxylic acids is 1. The molecular formula is C13H16N2O4S. The van der Waals surface area contributed by atoms with Crippen LogP contribution >= 0.6 is 11.8 Å². The van der Waals surface area contributed by atoms with E-state index in [-0.39, 0.29) is 11.2 Å². The van der Waals surface area contributed by atoms with E-state index in [4.69, 9.17) is 13.7 Å². The van der Waals surface area contributed by atoms with Crippen molar-refractivity contribution in [1.29, 1.82) is 0 Å². The van der Waals surface area contributed by atoms with Gasteiger partial charge in [-0.1, -0.05) is 12.1 Å². The summed E-state index contributed by atoms with van der Waals surface area (Å²) in [7, 11) is 0. The summed E-state index contributed by atoms with van der Waals surface area (Å²) in [6.07, 6.45) is 3.48.